The number of anilines is 2. The second-order valence-corrected chi connectivity index (χ2v) is 7.29. The van der Waals surface area contributed by atoms with E-state index in [1.165, 1.54) is 0 Å². The highest BCUT2D eigenvalue weighted by Crippen LogP contribution is 2.16. The van der Waals surface area contributed by atoms with Crippen molar-refractivity contribution in [3.8, 4) is 0 Å². The fraction of sp³-hybridized carbons (Fsp3) is 0.333. The molecule has 1 amide bonds. The van der Waals surface area contributed by atoms with E-state index in [0.717, 1.165) is 30.8 Å². The molecule has 0 saturated carbocycles. The molecule has 7 heteroatoms. The molecule has 1 atom stereocenters. The van der Waals surface area contributed by atoms with E-state index in [1.54, 1.807) is 18.2 Å². The van der Waals surface area contributed by atoms with Gasteiger partial charge < -0.3 is 15.0 Å². The summed E-state index contributed by atoms with van der Waals surface area (Å²) in [5.41, 5.74) is 2.26. The van der Waals surface area contributed by atoms with E-state index in [9.17, 15) is 4.79 Å². The third-order valence-electron chi connectivity index (χ3n) is 4.42. The van der Waals surface area contributed by atoms with Gasteiger partial charge in [0.1, 0.15) is 0 Å². The molecule has 3 rings (SSSR count). The number of carbonyl (C=O) groups excluding carboxylic acids is 1. The number of guanidine groups is 1. The zero-order chi connectivity index (χ0) is 19.9. The van der Waals surface area contributed by atoms with Gasteiger partial charge in [0, 0.05) is 42.7 Å². The van der Waals surface area contributed by atoms with Crippen LogP contribution in [0, 0.1) is 0 Å². The third-order valence-corrected chi connectivity index (χ3v) is 4.66. The third kappa shape index (κ3) is 5.71. The first-order valence-electron chi connectivity index (χ1n) is 9.28. The number of amides is 1. The van der Waals surface area contributed by atoms with Crippen molar-refractivity contribution in [1.82, 2.24) is 5.32 Å². The molecule has 1 saturated heterocycles. The Hall–Kier alpha value is -2.57. The number of ether oxygens (including phenoxy) is 1. The lowest BCUT2D eigenvalue weighted by Gasteiger charge is -2.15. The van der Waals surface area contributed by atoms with Gasteiger partial charge >= 0.3 is 0 Å². The molecule has 2 aromatic rings. The van der Waals surface area contributed by atoms with Crippen molar-refractivity contribution in [3.63, 3.8) is 0 Å². The van der Waals surface area contributed by atoms with Crippen LogP contribution in [0.3, 0.4) is 0 Å². The molecule has 6 nitrogen and oxygen atoms in total. The Kier molecular flexibility index (Phi) is 6.90. The van der Waals surface area contributed by atoms with Crippen LogP contribution in [-0.2, 0) is 4.74 Å². The van der Waals surface area contributed by atoms with Gasteiger partial charge in [0.15, 0.2) is 0 Å². The van der Waals surface area contributed by atoms with Crippen molar-refractivity contribution in [2.24, 2.45) is 4.99 Å². The van der Waals surface area contributed by atoms with Gasteiger partial charge in [0.25, 0.3) is 5.91 Å². The summed E-state index contributed by atoms with van der Waals surface area (Å²) in [5.74, 6) is 0.141. The van der Waals surface area contributed by atoms with Crippen LogP contribution in [-0.4, -0.2) is 45.2 Å². The number of hydrogen-bond donors (Lipinski definition) is 2. The average Bonchev–Trinajstić information content (AvgIpc) is 3.20. The molecule has 1 heterocycles. The highest BCUT2D eigenvalue weighted by atomic mass is 35.5. The van der Waals surface area contributed by atoms with Crippen LogP contribution in [0.2, 0.25) is 5.02 Å². The normalized spacial score (nSPS) is 16.7. The molecule has 0 bridgehead atoms. The predicted molar refractivity (Wildman–Crippen MR) is 115 cm³/mol. The topological polar surface area (TPSA) is 66.0 Å². The Balaban J connectivity index is 1.76. The van der Waals surface area contributed by atoms with Crippen LogP contribution in [0.15, 0.2) is 53.5 Å². The van der Waals surface area contributed by atoms with E-state index < -0.39 is 0 Å². The lowest BCUT2D eigenvalue weighted by atomic mass is 10.2. The summed E-state index contributed by atoms with van der Waals surface area (Å²) in [7, 11) is 3.87. The van der Waals surface area contributed by atoms with E-state index in [2.05, 4.69) is 15.6 Å². The standard InChI is InChI=1S/C21H25ClN4O2/c1-26(2)18-9-3-6-15(12-18)20(27)25-21(23-14-19-10-5-11-28-19)24-17-8-4-7-16(22)13-17/h3-4,6-9,12-13,19H,5,10-11,14H2,1-2H3,(H2,23,24,25,27). The molecule has 28 heavy (non-hydrogen) atoms. The van der Waals surface area contributed by atoms with Crippen molar-refractivity contribution in [2.45, 2.75) is 18.9 Å². The summed E-state index contributed by atoms with van der Waals surface area (Å²) in [6, 6.07) is 14.7. The molecule has 1 aliphatic rings. The fourth-order valence-electron chi connectivity index (χ4n) is 2.90. The van der Waals surface area contributed by atoms with Gasteiger partial charge in [-0.05, 0) is 49.2 Å². The summed E-state index contributed by atoms with van der Waals surface area (Å²) in [4.78, 5) is 19.3. The highest BCUT2D eigenvalue weighted by Gasteiger charge is 2.16. The van der Waals surface area contributed by atoms with E-state index in [4.69, 9.17) is 16.3 Å². The second kappa shape index (κ2) is 9.57. The minimum absolute atomic E-state index is 0.0881. The molecular weight excluding hydrogens is 376 g/mol. The van der Waals surface area contributed by atoms with Crippen LogP contribution in [0.5, 0.6) is 0 Å². The number of hydrogen-bond acceptors (Lipinski definition) is 4. The molecule has 148 valence electrons. The zero-order valence-electron chi connectivity index (χ0n) is 16.1. The summed E-state index contributed by atoms with van der Waals surface area (Å²) in [6.45, 7) is 1.25. The van der Waals surface area contributed by atoms with Crippen LogP contribution >= 0.6 is 11.6 Å². The molecule has 0 radical (unpaired) electrons. The largest absolute Gasteiger partial charge is 0.378 e. The Labute approximate surface area is 170 Å². The first-order valence-corrected chi connectivity index (χ1v) is 9.66. The average molecular weight is 401 g/mol. The van der Waals surface area contributed by atoms with Gasteiger partial charge in [-0.2, -0.15) is 0 Å². The molecule has 2 N–H and O–H groups in total. The first-order chi connectivity index (χ1) is 13.5. The minimum atomic E-state index is -0.232. The van der Waals surface area contributed by atoms with Crippen LogP contribution < -0.4 is 15.5 Å². The summed E-state index contributed by atoms with van der Waals surface area (Å²) in [5, 5.41) is 6.63. The molecule has 0 aromatic heterocycles. The Morgan fingerprint density at radius 2 is 2.07 bits per heavy atom. The summed E-state index contributed by atoms with van der Waals surface area (Å²) < 4.78 is 5.63. The van der Waals surface area contributed by atoms with Crippen molar-refractivity contribution in [3.05, 3.63) is 59.1 Å². The van der Waals surface area contributed by atoms with Gasteiger partial charge in [0.05, 0.1) is 12.6 Å². The van der Waals surface area contributed by atoms with Gasteiger partial charge in [0.2, 0.25) is 5.96 Å². The second-order valence-electron chi connectivity index (χ2n) is 6.86. The number of nitrogens with one attached hydrogen (secondary N) is 2. The Morgan fingerprint density at radius 3 is 2.79 bits per heavy atom. The Bertz CT molecular complexity index is 848. The maximum atomic E-state index is 12.8. The van der Waals surface area contributed by atoms with Crippen molar-refractivity contribution in [1.29, 1.82) is 0 Å². The molecule has 0 spiro atoms. The first kappa shape index (κ1) is 20.2. The molecule has 1 aliphatic heterocycles. The summed E-state index contributed by atoms with van der Waals surface area (Å²) >= 11 is 6.07. The van der Waals surface area contributed by atoms with Crippen molar-refractivity contribution in [2.75, 3.05) is 37.5 Å². The highest BCUT2D eigenvalue weighted by molar-refractivity contribution is 6.31. The smallest absolute Gasteiger partial charge is 0.258 e. The Morgan fingerprint density at radius 1 is 1.25 bits per heavy atom. The van der Waals surface area contributed by atoms with E-state index in [0.29, 0.717) is 23.1 Å². The maximum absolute atomic E-state index is 12.8. The number of halogens is 1. The lowest BCUT2D eigenvalue weighted by molar-refractivity contribution is 0.0975. The molecule has 2 aromatic carbocycles. The molecule has 1 unspecified atom stereocenters. The molecule has 0 aliphatic carbocycles. The number of aliphatic imine (C=N–C) groups is 1. The minimum Gasteiger partial charge on any atom is -0.378 e. The maximum Gasteiger partial charge on any atom is 0.258 e. The molecule has 1 fully saturated rings. The lowest BCUT2D eigenvalue weighted by Crippen LogP contribution is -2.36. The SMILES string of the molecule is CN(C)c1cccc(C(=O)NC(=NCC2CCCO2)Nc2cccc(Cl)c2)c1. The zero-order valence-corrected chi connectivity index (χ0v) is 16.9. The van der Waals surface area contributed by atoms with Crippen LogP contribution in [0.1, 0.15) is 23.2 Å². The van der Waals surface area contributed by atoms with Crippen molar-refractivity contribution >= 4 is 34.8 Å². The molecular formula is C21H25ClN4O2. The fourth-order valence-corrected chi connectivity index (χ4v) is 3.09. The van der Waals surface area contributed by atoms with Crippen LogP contribution in [0.25, 0.3) is 0 Å². The quantitative estimate of drug-likeness (QED) is 0.592. The monoisotopic (exact) mass is 400 g/mol. The summed E-state index contributed by atoms with van der Waals surface area (Å²) in [6.07, 6.45) is 2.11. The number of rotatable bonds is 5. The van der Waals surface area contributed by atoms with E-state index in [-0.39, 0.29) is 12.0 Å². The van der Waals surface area contributed by atoms with Gasteiger partial charge in [-0.3, -0.25) is 10.1 Å². The van der Waals surface area contributed by atoms with Gasteiger partial charge in [-0.25, -0.2) is 4.99 Å². The van der Waals surface area contributed by atoms with E-state index >= 15 is 0 Å². The van der Waals surface area contributed by atoms with Gasteiger partial charge in [-0.1, -0.05) is 23.7 Å². The van der Waals surface area contributed by atoms with Crippen LogP contribution in [0.4, 0.5) is 11.4 Å². The van der Waals surface area contributed by atoms with E-state index in [1.807, 2.05) is 49.3 Å². The number of carbonyl (C=O) groups is 1. The number of nitrogens with zero attached hydrogens (tertiary/aromatic N) is 2. The predicted octanol–water partition coefficient (Wildman–Crippen LogP) is 3.78. The number of benzene rings is 2. The van der Waals surface area contributed by atoms with Crippen molar-refractivity contribution < 1.29 is 9.53 Å². The van der Waals surface area contributed by atoms with Gasteiger partial charge in [-0.15, -0.1) is 0 Å².